The number of nitrogens with one attached hydrogen (secondary N) is 1. The monoisotopic (exact) mass is 311 g/mol. The van der Waals surface area contributed by atoms with Crippen molar-refractivity contribution in [3.63, 3.8) is 0 Å². The fourth-order valence-corrected chi connectivity index (χ4v) is 3.25. The number of sulfonamides is 1. The first-order valence-corrected chi connectivity index (χ1v) is 8.31. The number of nitrogens with two attached hydrogens (primary N) is 1. The second kappa shape index (κ2) is 5.82. The van der Waals surface area contributed by atoms with E-state index in [0.29, 0.717) is 12.2 Å². The van der Waals surface area contributed by atoms with Crippen LogP contribution in [-0.2, 0) is 16.6 Å². The topological polar surface area (TPSA) is 75.4 Å². The van der Waals surface area contributed by atoms with Crippen LogP contribution >= 0.6 is 11.3 Å². The van der Waals surface area contributed by atoms with E-state index >= 15 is 0 Å². The summed E-state index contributed by atoms with van der Waals surface area (Å²) >= 11 is 1.65. The molecule has 0 spiro atoms. The molecule has 1 aromatic heterocycles. The van der Waals surface area contributed by atoms with Gasteiger partial charge in [-0.05, 0) is 29.6 Å². The molecule has 0 radical (unpaired) electrons. The highest BCUT2D eigenvalue weighted by molar-refractivity contribution is 7.89. The van der Waals surface area contributed by atoms with Gasteiger partial charge in [-0.25, -0.2) is 12.7 Å². The Labute approximate surface area is 123 Å². The van der Waals surface area contributed by atoms with Crippen molar-refractivity contribution in [2.45, 2.75) is 11.4 Å². The number of benzene rings is 1. The Morgan fingerprint density at radius 2 is 2.05 bits per heavy atom. The first-order valence-electron chi connectivity index (χ1n) is 5.99. The first kappa shape index (κ1) is 14.8. The van der Waals surface area contributed by atoms with Gasteiger partial charge in [0.2, 0.25) is 10.0 Å². The Kier molecular flexibility index (Phi) is 4.32. The lowest BCUT2D eigenvalue weighted by molar-refractivity contribution is 0.521. The quantitative estimate of drug-likeness (QED) is 0.830. The van der Waals surface area contributed by atoms with E-state index in [0.717, 1.165) is 5.69 Å². The molecule has 0 bridgehead atoms. The summed E-state index contributed by atoms with van der Waals surface area (Å²) in [6, 6.07) is 8.74. The van der Waals surface area contributed by atoms with Crippen LogP contribution in [0.4, 0.5) is 11.4 Å². The Balaban J connectivity index is 2.18. The zero-order valence-corrected chi connectivity index (χ0v) is 13.0. The molecule has 5 nitrogen and oxygen atoms in total. The van der Waals surface area contributed by atoms with E-state index in [-0.39, 0.29) is 4.90 Å². The minimum Gasteiger partial charge on any atom is -0.397 e. The van der Waals surface area contributed by atoms with Gasteiger partial charge in [0.05, 0.1) is 16.3 Å². The third kappa shape index (κ3) is 3.12. The van der Waals surface area contributed by atoms with Gasteiger partial charge >= 0.3 is 0 Å². The maximum atomic E-state index is 12.0. The Hall–Kier alpha value is -1.57. The van der Waals surface area contributed by atoms with E-state index in [9.17, 15) is 8.42 Å². The molecule has 0 saturated heterocycles. The van der Waals surface area contributed by atoms with Crippen LogP contribution in [0.15, 0.2) is 40.6 Å². The van der Waals surface area contributed by atoms with Crippen LogP contribution in [0.1, 0.15) is 4.88 Å². The molecular formula is C13H17N3O2S2. The van der Waals surface area contributed by atoms with E-state index in [1.54, 1.807) is 23.5 Å². The van der Waals surface area contributed by atoms with Gasteiger partial charge in [-0.3, -0.25) is 0 Å². The highest BCUT2D eigenvalue weighted by atomic mass is 32.2. The van der Waals surface area contributed by atoms with Crippen LogP contribution in [0, 0.1) is 0 Å². The lowest BCUT2D eigenvalue weighted by Gasteiger charge is -2.14. The van der Waals surface area contributed by atoms with Crippen molar-refractivity contribution < 1.29 is 8.42 Å². The van der Waals surface area contributed by atoms with Crippen molar-refractivity contribution in [2.75, 3.05) is 25.1 Å². The molecule has 0 aliphatic carbocycles. The molecule has 1 aromatic carbocycles. The number of nitrogens with zero attached hydrogens (tertiary/aromatic N) is 1. The molecule has 0 unspecified atom stereocenters. The standard InChI is InChI=1S/C13H17N3O2S2/c1-16(2)20(17,18)11-5-6-13(12(14)8-11)15-9-10-4-3-7-19-10/h3-8,15H,9,14H2,1-2H3. The number of hydrogen-bond donors (Lipinski definition) is 2. The Morgan fingerprint density at radius 3 is 2.60 bits per heavy atom. The predicted octanol–water partition coefficient (Wildman–Crippen LogP) is 2.19. The van der Waals surface area contributed by atoms with Gasteiger partial charge in [0.25, 0.3) is 0 Å². The molecule has 0 saturated carbocycles. The minimum atomic E-state index is -3.45. The second-order valence-electron chi connectivity index (χ2n) is 4.47. The van der Waals surface area contributed by atoms with Crippen molar-refractivity contribution in [1.82, 2.24) is 4.31 Å². The van der Waals surface area contributed by atoms with Crippen molar-refractivity contribution in [2.24, 2.45) is 0 Å². The maximum absolute atomic E-state index is 12.0. The number of rotatable bonds is 5. The summed E-state index contributed by atoms with van der Waals surface area (Å²) in [4.78, 5) is 1.39. The molecule has 1 heterocycles. The third-order valence-corrected chi connectivity index (χ3v) is 5.52. The van der Waals surface area contributed by atoms with Crippen LogP contribution < -0.4 is 11.1 Å². The molecule has 0 amide bonds. The van der Waals surface area contributed by atoms with E-state index in [1.165, 1.54) is 29.3 Å². The highest BCUT2D eigenvalue weighted by Crippen LogP contribution is 2.24. The summed E-state index contributed by atoms with van der Waals surface area (Å²) in [6.07, 6.45) is 0. The van der Waals surface area contributed by atoms with Crippen molar-refractivity contribution >= 4 is 32.7 Å². The average Bonchev–Trinajstić information content (AvgIpc) is 2.90. The Bertz CT molecular complexity index is 680. The zero-order chi connectivity index (χ0) is 14.8. The summed E-state index contributed by atoms with van der Waals surface area (Å²) in [7, 11) is -0.458. The molecule has 20 heavy (non-hydrogen) atoms. The van der Waals surface area contributed by atoms with Crippen molar-refractivity contribution in [3.8, 4) is 0 Å². The van der Waals surface area contributed by atoms with Gasteiger partial charge < -0.3 is 11.1 Å². The van der Waals surface area contributed by atoms with Gasteiger partial charge in [0.1, 0.15) is 0 Å². The lowest BCUT2D eigenvalue weighted by Crippen LogP contribution is -2.22. The maximum Gasteiger partial charge on any atom is 0.242 e. The fourth-order valence-electron chi connectivity index (χ4n) is 1.67. The van der Waals surface area contributed by atoms with Crippen molar-refractivity contribution in [3.05, 3.63) is 40.6 Å². The fraction of sp³-hybridized carbons (Fsp3) is 0.231. The van der Waals surface area contributed by atoms with Gasteiger partial charge in [-0.2, -0.15) is 0 Å². The van der Waals surface area contributed by atoms with Gasteiger partial charge in [-0.15, -0.1) is 11.3 Å². The van der Waals surface area contributed by atoms with Gasteiger partial charge in [0, 0.05) is 25.5 Å². The minimum absolute atomic E-state index is 0.196. The number of nitrogen functional groups attached to an aromatic ring is 1. The largest absolute Gasteiger partial charge is 0.397 e. The molecule has 0 atom stereocenters. The summed E-state index contributed by atoms with van der Waals surface area (Å²) in [6.45, 7) is 0.668. The molecule has 108 valence electrons. The smallest absolute Gasteiger partial charge is 0.242 e. The number of thiophene rings is 1. The molecule has 3 N–H and O–H groups in total. The van der Waals surface area contributed by atoms with Gasteiger partial charge in [-0.1, -0.05) is 6.07 Å². The lowest BCUT2D eigenvalue weighted by atomic mass is 10.2. The summed E-state index contributed by atoms with van der Waals surface area (Å²) < 4.78 is 25.2. The normalized spacial score (nSPS) is 11.8. The molecule has 0 aliphatic heterocycles. The molecule has 7 heteroatoms. The third-order valence-electron chi connectivity index (χ3n) is 2.83. The molecule has 2 rings (SSSR count). The van der Waals surface area contributed by atoms with Crippen molar-refractivity contribution in [1.29, 1.82) is 0 Å². The molecule has 0 fully saturated rings. The first-order chi connectivity index (χ1) is 9.41. The highest BCUT2D eigenvalue weighted by Gasteiger charge is 2.17. The van der Waals surface area contributed by atoms with Crippen LogP contribution in [0.3, 0.4) is 0 Å². The van der Waals surface area contributed by atoms with Crippen LogP contribution in [0.5, 0.6) is 0 Å². The second-order valence-corrected chi connectivity index (χ2v) is 7.65. The van der Waals surface area contributed by atoms with Crippen LogP contribution in [0.2, 0.25) is 0 Å². The molecule has 2 aromatic rings. The summed E-state index contributed by atoms with van der Waals surface area (Å²) in [5.74, 6) is 0. The van der Waals surface area contributed by atoms with E-state index < -0.39 is 10.0 Å². The molecular weight excluding hydrogens is 294 g/mol. The molecule has 0 aliphatic rings. The average molecular weight is 311 g/mol. The van der Waals surface area contributed by atoms with E-state index in [4.69, 9.17) is 5.73 Å². The van der Waals surface area contributed by atoms with Crippen LogP contribution in [-0.4, -0.2) is 26.8 Å². The SMILES string of the molecule is CN(C)S(=O)(=O)c1ccc(NCc2cccs2)c(N)c1. The van der Waals surface area contributed by atoms with Gasteiger partial charge in [0.15, 0.2) is 0 Å². The summed E-state index contributed by atoms with van der Waals surface area (Å²) in [5.41, 5.74) is 7.07. The number of hydrogen-bond acceptors (Lipinski definition) is 5. The predicted molar refractivity (Wildman–Crippen MR) is 83.4 cm³/mol. The zero-order valence-electron chi connectivity index (χ0n) is 11.3. The van der Waals surface area contributed by atoms with E-state index in [2.05, 4.69) is 5.32 Å². The van der Waals surface area contributed by atoms with E-state index in [1.807, 2.05) is 17.5 Å². The van der Waals surface area contributed by atoms with Crippen LogP contribution in [0.25, 0.3) is 0 Å². The summed E-state index contributed by atoms with van der Waals surface area (Å²) in [5, 5.41) is 5.21. The number of anilines is 2. The Morgan fingerprint density at radius 1 is 1.30 bits per heavy atom.